The van der Waals surface area contributed by atoms with Gasteiger partial charge in [-0.2, -0.15) is 0 Å². The zero-order chi connectivity index (χ0) is 16.5. The lowest BCUT2D eigenvalue weighted by Gasteiger charge is -2.13. The van der Waals surface area contributed by atoms with Gasteiger partial charge in [0.15, 0.2) is 6.10 Å². The summed E-state index contributed by atoms with van der Waals surface area (Å²) >= 11 is 5.73. The number of nitrogens with two attached hydrogens (primary N) is 1. The number of carbonyl (C=O) groups is 2. The Balaban J connectivity index is 2.10. The fourth-order valence-electron chi connectivity index (χ4n) is 1.68. The van der Waals surface area contributed by atoms with E-state index in [1.165, 1.54) is 19.1 Å². The zero-order valence-electron chi connectivity index (χ0n) is 11.7. The maximum atomic E-state index is 12.0. The molecule has 1 atom stereocenters. The molecule has 1 fully saturated rings. The van der Waals surface area contributed by atoms with E-state index in [4.69, 9.17) is 21.5 Å². The van der Waals surface area contributed by atoms with Crippen molar-refractivity contribution in [2.75, 3.05) is 0 Å². The summed E-state index contributed by atoms with van der Waals surface area (Å²) in [5.74, 6) is -1.23. The van der Waals surface area contributed by atoms with Crippen molar-refractivity contribution in [2.45, 2.75) is 36.8 Å². The molecule has 0 unspecified atom stereocenters. The van der Waals surface area contributed by atoms with Crippen molar-refractivity contribution in [1.82, 2.24) is 5.32 Å². The summed E-state index contributed by atoms with van der Waals surface area (Å²) in [4.78, 5) is 23.3. The molecular formula is C13H15ClN2O5S. The van der Waals surface area contributed by atoms with E-state index in [-0.39, 0.29) is 21.5 Å². The molecular weight excluding hydrogens is 332 g/mol. The van der Waals surface area contributed by atoms with Crippen molar-refractivity contribution in [2.24, 2.45) is 5.14 Å². The van der Waals surface area contributed by atoms with Gasteiger partial charge in [-0.25, -0.2) is 18.4 Å². The molecule has 120 valence electrons. The molecule has 0 bridgehead atoms. The van der Waals surface area contributed by atoms with E-state index in [1.807, 2.05) is 0 Å². The minimum absolute atomic E-state index is 0.0560. The highest BCUT2D eigenvalue weighted by Crippen LogP contribution is 2.22. The van der Waals surface area contributed by atoms with Crippen LogP contribution in [0.2, 0.25) is 5.02 Å². The van der Waals surface area contributed by atoms with Crippen molar-refractivity contribution < 1.29 is 22.7 Å². The first-order chi connectivity index (χ1) is 10.2. The van der Waals surface area contributed by atoms with Crippen LogP contribution in [-0.2, 0) is 19.6 Å². The van der Waals surface area contributed by atoms with Crippen LogP contribution in [0.5, 0.6) is 0 Å². The molecule has 1 aromatic rings. The molecule has 3 N–H and O–H groups in total. The molecule has 2 rings (SSSR count). The fraction of sp³-hybridized carbons (Fsp3) is 0.385. The van der Waals surface area contributed by atoms with Crippen LogP contribution in [0.1, 0.15) is 30.1 Å². The molecule has 0 aliphatic heterocycles. The van der Waals surface area contributed by atoms with Gasteiger partial charge in [-0.3, -0.25) is 4.79 Å². The lowest BCUT2D eigenvalue weighted by atomic mass is 10.2. The van der Waals surface area contributed by atoms with Gasteiger partial charge in [0.25, 0.3) is 5.91 Å². The highest BCUT2D eigenvalue weighted by Gasteiger charge is 2.27. The first kappa shape index (κ1) is 16.7. The van der Waals surface area contributed by atoms with Crippen molar-refractivity contribution in [3.8, 4) is 0 Å². The number of amides is 1. The third-order valence-electron chi connectivity index (χ3n) is 3.05. The largest absolute Gasteiger partial charge is 0.449 e. The van der Waals surface area contributed by atoms with Crippen LogP contribution < -0.4 is 10.5 Å². The summed E-state index contributed by atoms with van der Waals surface area (Å²) in [6.07, 6.45) is 0.851. The summed E-state index contributed by atoms with van der Waals surface area (Å²) < 4.78 is 27.7. The van der Waals surface area contributed by atoms with Crippen molar-refractivity contribution in [3.63, 3.8) is 0 Å². The van der Waals surface area contributed by atoms with Crippen molar-refractivity contribution in [3.05, 3.63) is 28.8 Å². The van der Waals surface area contributed by atoms with Crippen LogP contribution in [0.3, 0.4) is 0 Å². The smallest absolute Gasteiger partial charge is 0.338 e. The average molecular weight is 347 g/mol. The van der Waals surface area contributed by atoms with Gasteiger partial charge in [-0.05, 0) is 38.0 Å². The second-order valence-electron chi connectivity index (χ2n) is 5.02. The summed E-state index contributed by atoms with van der Waals surface area (Å²) in [7, 11) is -4.06. The number of benzene rings is 1. The second-order valence-corrected chi connectivity index (χ2v) is 6.96. The van der Waals surface area contributed by atoms with Gasteiger partial charge in [0.2, 0.25) is 10.0 Å². The summed E-state index contributed by atoms with van der Waals surface area (Å²) in [5, 5.41) is 7.61. The zero-order valence-corrected chi connectivity index (χ0v) is 13.3. The van der Waals surface area contributed by atoms with E-state index in [9.17, 15) is 18.0 Å². The van der Waals surface area contributed by atoms with E-state index in [0.29, 0.717) is 0 Å². The number of halogens is 1. The van der Waals surface area contributed by atoms with Gasteiger partial charge < -0.3 is 10.1 Å². The Morgan fingerprint density at radius 1 is 1.41 bits per heavy atom. The Morgan fingerprint density at radius 2 is 2.05 bits per heavy atom. The lowest BCUT2D eigenvalue weighted by molar-refractivity contribution is -0.129. The summed E-state index contributed by atoms with van der Waals surface area (Å²) in [5.41, 5.74) is -0.0560. The van der Waals surface area contributed by atoms with Crippen LogP contribution in [0.4, 0.5) is 0 Å². The van der Waals surface area contributed by atoms with Crippen molar-refractivity contribution >= 4 is 33.5 Å². The van der Waals surface area contributed by atoms with Gasteiger partial charge in [0.1, 0.15) is 4.90 Å². The lowest BCUT2D eigenvalue weighted by Crippen LogP contribution is -2.37. The monoisotopic (exact) mass is 346 g/mol. The molecule has 1 aliphatic rings. The number of rotatable bonds is 5. The van der Waals surface area contributed by atoms with Crippen LogP contribution >= 0.6 is 11.6 Å². The first-order valence-corrected chi connectivity index (χ1v) is 8.44. The molecule has 22 heavy (non-hydrogen) atoms. The molecule has 1 amide bonds. The Labute approximate surface area is 132 Å². The molecule has 7 nitrogen and oxygen atoms in total. The van der Waals surface area contributed by atoms with E-state index in [2.05, 4.69) is 5.32 Å². The molecule has 1 aromatic carbocycles. The van der Waals surface area contributed by atoms with Gasteiger partial charge >= 0.3 is 5.97 Å². The Kier molecular flexibility index (Phi) is 4.74. The van der Waals surface area contributed by atoms with E-state index < -0.39 is 28.0 Å². The normalized spacial score (nSPS) is 16.0. The number of ether oxygens (including phenoxy) is 1. The highest BCUT2D eigenvalue weighted by atomic mass is 35.5. The SMILES string of the molecule is C[C@H](OC(=O)c1ccc(Cl)c(S(N)(=O)=O)c1)C(=O)NC1CC1. The van der Waals surface area contributed by atoms with Crippen LogP contribution in [-0.4, -0.2) is 32.4 Å². The van der Waals surface area contributed by atoms with Gasteiger partial charge in [-0.15, -0.1) is 0 Å². The molecule has 0 aromatic heterocycles. The second kappa shape index (κ2) is 6.23. The average Bonchev–Trinajstić information content (AvgIpc) is 3.21. The molecule has 1 saturated carbocycles. The minimum atomic E-state index is -4.06. The summed E-state index contributed by atoms with van der Waals surface area (Å²) in [6.45, 7) is 1.44. The first-order valence-electron chi connectivity index (χ1n) is 6.52. The number of nitrogens with one attached hydrogen (secondary N) is 1. The molecule has 9 heteroatoms. The predicted octanol–water partition coefficient (Wildman–Crippen LogP) is 0.811. The quantitative estimate of drug-likeness (QED) is 0.765. The van der Waals surface area contributed by atoms with E-state index in [1.54, 1.807) is 0 Å². The predicted molar refractivity (Wildman–Crippen MR) is 78.9 cm³/mol. The molecule has 0 radical (unpaired) electrons. The number of primary sulfonamides is 1. The topological polar surface area (TPSA) is 116 Å². The van der Waals surface area contributed by atoms with Gasteiger partial charge in [0, 0.05) is 6.04 Å². The van der Waals surface area contributed by atoms with Gasteiger partial charge in [0.05, 0.1) is 10.6 Å². The maximum Gasteiger partial charge on any atom is 0.338 e. The van der Waals surface area contributed by atoms with E-state index in [0.717, 1.165) is 18.9 Å². The minimum Gasteiger partial charge on any atom is -0.449 e. The number of carbonyl (C=O) groups excluding carboxylic acids is 2. The number of esters is 1. The van der Waals surface area contributed by atoms with Crippen LogP contribution in [0.15, 0.2) is 23.1 Å². The number of hydrogen-bond acceptors (Lipinski definition) is 5. The Morgan fingerprint density at radius 3 is 2.59 bits per heavy atom. The van der Waals surface area contributed by atoms with Crippen molar-refractivity contribution in [1.29, 1.82) is 0 Å². The van der Waals surface area contributed by atoms with Crippen LogP contribution in [0.25, 0.3) is 0 Å². The molecule has 1 aliphatic carbocycles. The Hall–Kier alpha value is -1.64. The standard InChI is InChI=1S/C13H15ClN2O5S/c1-7(12(17)16-9-3-4-9)21-13(18)8-2-5-10(14)11(6-8)22(15,19)20/h2,5-7,9H,3-4H2,1H3,(H,16,17)(H2,15,19,20)/t7-/m0/s1. The molecule has 0 heterocycles. The van der Waals surface area contributed by atoms with Gasteiger partial charge in [-0.1, -0.05) is 11.6 Å². The third-order valence-corrected chi connectivity index (χ3v) is 4.44. The Bertz CT molecular complexity index is 715. The molecule has 0 saturated heterocycles. The highest BCUT2D eigenvalue weighted by molar-refractivity contribution is 7.89. The van der Waals surface area contributed by atoms with E-state index >= 15 is 0 Å². The number of hydrogen-bond donors (Lipinski definition) is 2. The van der Waals surface area contributed by atoms with Crippen LogP contribution in [0, 0.1) is 0 Å². The summed E-state index contributed by atoms with van der Waals surface area (Å²) in [6, 6.07) is 3.70. The fourth-order valence-corrected chi connectivity index (χ4v) is 2.75. The third kappa shape index (κ3) is 4.19. The maximum absolute atomic E-state index is 12.0. The number of sulfonamides is 1. The molecule has 0 spiro atoms.